The molecule has 0 N–H and O–H groups in total. The lowest BCUT2D eigenvalue weighted by Crippen LogP contribution is -2.47. The number of hydrogen-bond acceptors (Lipinski definition) is 1. The fourth-order valence-electron chi connectivity index (χ4n) is 3.22. The molecule has 2 saturated heterocycles. The average molecular weight is 252 g/mol. The first-order valence-electron chi connectivity index (χ1n) is 7.72. The van der Waals surface area contributed by atoms with Gasteiger partial charge in [-0.2, -0.15) is 0 Å². The van der Waals surface area contributed by atoms with Crippen molar-refractivity contribution in [1.82, 2.24) is 9.80 Å². The normalized spacial score (nSPS) is 23.3. The summed E-state index contributed by atoms with van der Waals surface area (Å²) in [6, 6.07) is 0.305. The molecule has 2 fully saturated rings. The Hall–Kier alpha value is -0.730. The summed E-state index contributed by atoms with van der Waals surface area (Å²) in [6.07, 6.45) is 7.34. The van der Waals surface area contributed by atoms with Gasteiger partial charge in [-0.15, -0.1) is 0 Å². The molecular formula is C15H28N2O. The first-order chi connectivity index (χ1) is 8.68. The molecule has 0 aromatic carbocycles. The van der Waals surface area contributed by atoms with Crippen molar-refractivity contribution < 1.29 is 4.79 Å². The van der Waals surface area contributed by atoms with Gasteiger partial charge in [0.25, 0.3) is 0 Å². The minimum atomic E-state index is 0.305. The first-order valence-corrected chi connectivity index (χ1v) is 7.72. The van der Waals surface area contributed by atoms with Crippen molar-refractivity contribution in [3.8, 4) is 0 Å². The van der Waals surface area contributed by atoms with E-state index in [1.54, 1.807) is 0 Å². The van der Waals surface area contributed by atoms with Gasteiger partial charge in [-0.25, -0.2) is 4.79 Å². The molecule has 0 aromatic heterocycles. The molecule has 3 heteroatoms. The third-order valence-electron chi connectivity index (χ3n) is 4.63. The standard InChI is InChI=1S/C15H28N2O/c1-13(2)14-7-11-17(12-8-14)15(18)16-9-5-3-4-6-10-16/h13-14H,3-12H2,1-2H3. The molecule has 0 saturated carbocycles. The maximum Gasteiger partial charge on any atom is 0.319 e. The molecule has 104 valence electrons. The van der Waals surface area contributed by atoms with Gasteiger partial charge in [-0.1, -0.05) is 26.7 Å². The summed E-state index contributed by atoms with van der Waals surface area (Å²) in [7, 11) is 0. The van der Waals surface area contributed by atoms with Gasteiger partial charge in [0.05, 0.1) is 0 Å². The maximum atomic E-state index is 12.4. The zero-order valence-electron chi connectivity index (χ0n) is 12.0. The monoisotopic (exact) mass is 252 g/mol. The Morgan fingerprint density at radius 3 is 1.89 bits per heavy atom. The number of urea groups is 1. The second-order valence-corrected chi connectivity index (χ2v) is 6.25. The van der Waals surface area contributed by atoms with Crippen LogP contribution in [0.25, 0.3) is 0 Å². The van der Waals surface area contributed by atoms with E-state index in [0.717, 1.165) is 38.0 Å². The largest absolute Gasteiger partial charge is 0.325 e. The lowest BCUT2D eigenvalue weighted by atomic mass is 9.87. The Bertz CT molecular complexity index is 262. The van der Waals surface area contributed by atoms with Gasteiger partial charge in [0.2, 0.25) is 0 Å². The highest BCUT2D eigenvalue weighted by Crippen LogP contribution is 2.25. The summed E-state index contributed by atoms with van der Waals surface area (Å²) in [6.45, 7) is 8.50. The molecule has 0 spiro atoms. The fraction of sp³-hybridized carbons (Fsp3) is 0.933. The minimum absolute atomic E-state index is 0.305. The van der Waals surface area contributed by atoms with Gasteiger partial charge in [0.15, 0.2) is 0 Å². The van der Waals surface area contributed by atoms with E-state index >= 15 is 0 Å². The Morgan fingerprint density at radius 2 is 1.39 bits per heavy atom. The molecule has 0 radical (unpaired) electrons. The minimum Gasteiger partial charge on any atom is -0.325 e. The second kappa shape index (κ2) is 6.44. The zero-order chi connectivity index (χ0) is 13.0. The highest BCUT2D eigenvalue weighted by Gasteiger charge is 2.27. The highest BCUT2D eigenvalue weighted by molar-refractivity contribution is 5.74. The van der Waals surface area contributed by atoms with Crippen LogP contribution in [0.4, 0.5) is 4.79 Å². The van der Waals surface area contributed by atoms with Crippen LogP contribution in [0.3, 0.4) is 0 Å². The smallest absolute Gasteiger partial charge is 0.319 e. The number of piperidine rings is 1. The third-order valence-corrected chi connectivity index (χ3v) is 4.63. The summed E-state index contributed by atoms with van der Waals surface area (Å²) in [5.74, 6) is 1.58. The maximum absolute atomic E-state index is 12.4. The van der Waals surface area contributed by atoms with Crippen molar-refractivity contribution in [1.29, 1.82) is 0 Å². The number of carbonyl (C=O) groups excluding carboxylic acids is 1. The molecule has 2 aliphatic rings. The lowest BCUT2D eigenvalue weighted by molar-refractivity contribution is 0.125. The van der Waals surface area contributed by atoms with Crippen LogP contribution in [0.5, 0.6) is 0 Å². The number of nitrogens with zero attached hydrogens (tertiary/aromatic N) is 2. The number of likely N-dealkylation sites (tertiary alicyclic amines) is 2. The lowest BCUT2D eigenvalue weighted by Gasteiger charge is -2.36. The van der Waals surface area contributed by atoms with Crippen molar-refractivity contribution in [2.75, 3.05) is 26.2 Å². The molecule has 0 unspecified atom stereocenters. The molecule has 2 rings (SSSR count). The van der Waals surface area contributed by atoms with Gasteiger partial charge in [-0.3, -0.25) is 0 Å². The van der Waals surface area contributed by atoms with E-state index in [1.165, 1.54) is 38.5 Å². The van der Waals surface area contributed by atoms with E-state index < -0.39 is 0 Å². The molecular weight excluding hydrogens is 224 g/mol. The molecule has 0 aliphatic carbocycles. The van der Waals surface area contributed by atoms with Crippen LogP contribution in [0.15, 0.2) is 0 Å². The summed E-state index contributed by atoms with van der Waals surface area (Å²) >= 11 is 0. The van der Waals surface area contributed by atoms with Gasteiger partial charge in [0, 0.05) is 26.2 Å². The van der Waals surface area contributed by atoms with Crippen LogP contribution in [0.2, 0.25) is 0 Å². The average Bonchev–Trinajstić information content (AvgIpc) is 2.67. The van der Waals surface area contributed by atoms with E-state index in [4.69, 9.17) is 0 Å². The SMILES string of the molecule is CC(C)C1CCN(C(=O)N2CCCCCC2)CC1. The Balaban J connectivity index is 1.82. The van der Waals surface area contributed by atoms with Crippen LogP contribution < -0.4 is 0 Å². The first kappa shape index (κ1) is 13.7. The van der Waals surface area contributed by atoms with Crippen LogP contribution >= 0.6 is 0 Å². The fourth-order valence-corrected chi connectivity index (χ4v) is 3.22. The Kier molecular flexibility index (Phi) is 4.90. The van der Waals surface area contributed by atoms with Crippen molar-refractivity contribution in [2.24, 2.45) is 11.8 Å². The van der Waals surface area contributed by atoms with Crippen LogP contribution in [-0.4, -0.2) is 42.0 Å². The summed E-state index contributed by atoms with van der Waals surface area (Å²) < 4.78 is 0. The van der Waals surface area contributed by atoms with Gasteiger partial charge in [0.1, 0.15) is 0 Å². The third kappa shape index (κ3) is 3.39. The Labute approximate surface area is 112 Å². The van der Waals surface area contributed by atoms with E-state index in [2.05, 4.69) is 23.6 Å². The molecule has 2 heterocycles. The van der Waals surface area contributed by atoms with Gasteiger partial charge in [-0.05, 0) is 37.5 Å². The molecule has 2 amide bonds. The molecule has 0 atom stereocenters. The van der Waals surface area contributed by atoms with E-state index in [0.29, 0.717) is 6.03 Å². The number of carbonyl (C=O) groups is 1. The molecule has 2 aliphatic heterocycles. The zero-order valence-corrected chi connectivity index (χ0v) is 12.0. The predicted molar refractivity (Wildman–Crippen MR) is 74.6 cm³/mol. The molecule has 0 aromatic rings. The molecule has 0 bridgehead atoms. The number of hydrogen-bond donors (Lipinski definition) is 0. The molecule has 3 nitrogen and oxygen atoms in total. The van der Waals surface area contributed by atoms with Crippen LogP contribution in [-0.2, 0) is 0 Å². The van der Waals surface area contributed by atoms with E-state index in [1.807, 2.05) is 0 Å². The van der Waals surface area contributed by atoms with Crippen molar-refractivity contribution >= 4 is 6.03 Å². The van der Waals surface area contributed by atoms with Gasteiger partial charge >= 0.3 is 6.03 Å². The van der Waals surface area contributed by atoms with Crippen molar-refractivity contribution in [3.63, 3.8) is 0 Å². The predicted octanol–water partition coefficient (Wildman–Crippen LogP) is 3.35. The second-order valence-electron chi connectivity index (χ2n) is 6.25. The molecule has 18 heavy (non-hydrogen) atoms. The van der Waals surface area contributed by atoms with Crippen molar-refractivity contribution in [3.05, 3.63) is 0 Å². The summed E-state index contributed by atoms with van der Waals surface area (Å²) in [4.78, 5) is 16.6. The quantitative estimate of drug-likeness (QED) is 0.702. The van der Waals surface area contributed by atoms with Crippen LogP contribution in [0, 0.1) is 11.8 Å². The van der Waals surface area contributed by atoms with E-state index in [-0.39, 0.29) is 0 Å². The summed E-state index contributed by atoms with van der Waals surface area (Å²) in [5.41, 5.74) is 0. The number of rotatable bonds is 1. The summed E-state index contributed by atoms with van der Waals surface area (Å²) in [5, 5.41) is 0. The van der Waals surface area contributed by atoms with Crippen molar-refractivity contribution in [2.45, 2.75) is 52.4 Å². The van der Waals surface area contributed by atoms with E-state index in [9.17, 15) is 4.79 Å². The number of amides is 2. The topological polar surface area (TPSA) is 23.6 Å². The van der Waals surface area contributed by atoms with Crippen LogP contribution in [0.1, 0.15) is 52.4 Å². The Morgan fingerprint density at radius 1 is 0.889 bits per heavy atom. The highest BCUT2D eigenvalue weighted by atomic mass is 16.2. The van der Waals surface area contributed by atoms with Gasteiger partial charge < -0.3 is 9.80 Å².